The summed E-state index contributed by atoms with van der Waals surface area (Å²) >= 11 is 5.86. The zero-order valence-electron chi connectivity index (χ0n) is 15.9. The van der Waals surface area contributed by atoms with E-state index in [9.17, 15) is 18.8 Å². The fourth-order valence-corrected chi connectivity index (χ4v) is 3.44. The first-order chi connectivity index (χ1) is 14.4. The SMILES string of the molecule is Cn1c(=O)n(CF)c(=O)c2ncn(Cc3ccc(C(=O)c4ccc(Cl)cc4)cc3)c21. The molecule has 0 unspecified atom stereocenters. The molecule has 2 aromatic heterocycles. The quantitative estimate of drug-likeness (QED) is 0.460. The molecule has 0 amide bonds. The van der Waals surface area contributed by atoms with E-state index in [4.69, 9.17) is 11.6 Å². The molecule has 0 bridgehead atoms. The largest absolute Gasteiger partial charge is 0.334 e. The first-order valence-corrected chi connectivity index (χ1v) is 9.38. The highest BCUT2D eigenvalue weighted by Gasteiger charge is 2.16. The van der Waals surface area contributed by atoms with Crippen molar-refractivity contribution in [2.75, 3.05) is 0 Å². The average Bonchev–Trinajstić information content (AvgIpc) is 3.17. The fraction of sp³-hybridized carbons (Fsp3) is 0.143. The summed E-state index contributed by atoms with van der Waals surface area (Å²) in [5.74, 6) is -0.125. The van der Waals surface area contributed by atoms with Gasteiger partial charge < -0.3 is 4.57 Å². The maximum atomic E-state index is 13.0. The molecule has 0 spiro atoms. The molecular formula is C21H16ClFN4O3. The lowest BCUT2D eigenvalue weighted by Gasteiger charge is -2.10. The second-order valence-corrected chi connectivity index (χ2v) is 7.21. The number of carbonyl (C=O) groups excluding carboxylic acids is 1. The van der Waals surface area contributed by atoms with E-state index in [1.54, 1.807) is 53.1 Å². The second kappa shape index (κ2) is 7.72. The van der Waals surface area contributed by atoms with Gasteiger partial charge in [-0.3, -0.25) is 14.2 Å². The minimum atomic E-state index is -1.21. The fourth-order valence-electron chi connectivity index (χ4n) is 3.31. The highest BCUT2D eigenvalue weighted by atomic mass is 35.5. The van der Waals surface area contributed by atoms with Crippen LogP contribution in [0.3, 0.4) is 0 Å². The number of rotatable bonds is 5. The number of carbonyl (C=O) groups is 1. The predicted molar refractivity (Wildman–Crippen MR) is 111 cm³/mol. The Hall–Kier alpha value is -3.52. The molecule has 0 saturated heterocycles. The number of hydrogen-bond donors (Lipinski definition) is 0. The van der Waals surface area contributed by atoms with Crippen molar-refractivity contribution in [3.8, 4) is 0 Å². The van der Waals surface area contributed by atoms with E-state index < -0.39 is 18.0 Å². The van der Waals surface area contributed by atoms with E-state index in [0.717, 1.165) is 5.56 Å². The van der Waals surface area contributed by atoms with Gasteiger partial charge in [-0.25, -0.2) is 18.7 Å². The molecule has 0 aliphatic carbocycles. The Kier molecular flexibility index (Phi) is 5.09. The van der Waals surface area contributed by atoms with Gasteiger partial charge in [-0.15, -0.1) is 0 Å². The Morgan fingerprint density at radius 3 is 2.23 bits per heavy atom. The molecule has 0 saturated carbocycles. The van der Waals surface area contributed by atoms with Crippen LogP contribution >= 0.6 is 11.6 Å². The van der Waals surface area contributed by atoms with Crippen molar-refractivity contribution in [3.63, 3.8) is 0 Å². The standard InChI is InChI=1S/C21H16ClFN4O3/c1-25-19-17(20(29)27(11-23)21(25)30)24-12-26(19)10-13-2-4-14(5-3-13)18(28)15-6-8-16(22)9-7-15/h2-9,12H,10-11H2,1H3. The van der Waals surface area contributed by atoms with Crippen molar-refractivity contribution in [3.05, 3.63) is 97.4 Å². The lowest BCUT2D eigenvalue weighted by atomic mass is 10.0. The van der Waals surface area contributed by atoms with E-state index in [2.05, 4.69) is 4.98 Å². The molecule has 0 radical (unpaired) electrons. The molecule has 152 valence electrons. The third kappa shape index (κ3) is 3.35. The molecule has 4 rings (SSSR count). The van der Waals surface area contributed by atoms with Crippen molar-refractivity contribution in [2.45, 2.75) is 13.3 Å². The number of nitrogens with zero attached hydrogens (tertiary/aromatic N) is 4. The van der Waals surface area contributed by atoms with Crippen molar-refractivity contribution < 1.29 is 9.18 Å². The summed E-state index contributed by atoms with van der Waals surface area (Å²) in [6, 6.07) is 13.7. The topological polar surface area (TPSA) is 78.9 Å². The highest BCUT2D eigenvalue weighted by Crippen LogP contribution is 2.16. The third-order valence-corrected chi connectivity index (χ3v) is 5.14. The van der Waals surface area contributed by atoms with E-state index >= 15 is 0 Å². The Morgan fingerprint density at radius 2 is 1.63 bits per heavy atom. The number of aryl methyl sites for hydroxylation is 1. The lowest BCUT2D eigenvalue weighted by molar-refractivity contribution is 0.103. The van der Waals surface area contributed by atoms with Crippen molar-refractivity contribution in [1.82, 2.24) is 18.7 Å². The molecule has 7 nitrogen and oxygen atoms in total. The summed E-state index contributed by atoms with van der Waals surface area (Å²) in [6.45, 7) is -0.893. The molecule has 4 aromatic rings. The first kappa shape index (κ1) is 19.8. The van der Waals surface area contributed by atoms with Gasteiger partial charge in [0, 0.05) is 23.2 Å². The van der Waals surface area contributed by atoms with Crippen LogP contribution in [0, 0.1) is 0 Å². The molecule has 2 aromatic carbocycles. The zero-order valence-corrected chi connectivity index (χ0v) is 16.6. The molecule has 2 heterocycles. The van der Waals surface area contributed by atoms with Gasteiger partial charge in [-0.05, 0) is 29.8 Å². The van der Waals surface area contributed by atoms with Crippen LogP contribution in [-0.2, 0) is 20.4 Å². The number of alkyl halides is 1. The van der Waals surface area contributed by atoms with Crippen LogP contribution in [0.25, 0.3) is 11.2 Å². The van der Waals surface area contributed by atoms with Crippen LogP contribution < -0.4 is 11.2 Å². The molecular weight excluding hydrogens is 411 g/mol. The minimum absolute atomic E-state index is 0.0179. The van der Waals surface area contributed by atoms with Crippen molar-refractivity contribution in [2.24, 2.45) is 7.05 Å². The number of fused-ring (bicyclic) bond motifs is 1. The van der Waals surface area contributed by atoms with Crippen LogP contribution in [-0.4, -0.2) is 24.5 Å². The smallest absolute Gasteiger partial charge is 0.312 e. The number of ketones is 1. The molecule has 0 fully saturated rings. The number of aromatic nitrogens is 4. The molecule has 0 aliphatic rings. The van der Waals surface area contributed by atoms with Crippen LogP contribution in [0.15, 0.2) is 64.4 Å². The summed E-state index contributed by atoms with van der Waals surface area (Å²) in [5, 5.41) is 0.558. The number of halogens is 2. The number of benzene rings is 2. The highest BCUT2D eigenvalue weighted by molar-refractivity contribution is 6.30. The molecule has 9 heteroatoms. The first-order valence-electron chi connectivity index (χ1n) is 9.00. The summed E-state index contributed by atoms with van der Waals surface area (Å²) in [7, 11) is 1.46. The summed E-state index contributed by atoms with van der Waals surface area (Å²) in [4.78, 5) is 41.1. The molecule has 0 atom stereocenters. The van der Waals surface area contributed by atoms with Gasteiger partial charge >= 0.3 is 5.69 Å². The third-order valence-electron chi connectivity index (χ3n) is 4.89. The van der Waals surface area contributed by atoms with Crippen LogP contribution in [0.1, 0.15) is 21.5 Å². The summed E-state index contributed by atoms with van der Waals surface area (Å²) in [5.41, 5.74) is 0.699. The Bertz CT molecular complexity index is 1370. The Labute approximate surface area is 174 Å². The van der Waals surface area contributed by atoms with E-state index in [-0.39, 0.29) is 11.3 Å². The summed E-state index contributed by atoms with van der Waals surface area (Å²) in [6.07, 6.45) is 1.43. The monoisotopic (exact) mass is 426 g/mol. The van der Waals surface area contributed by atoms with Gasteiger partial charge in [0.25, 0.3) is 5.56 Å². The van der Waals surface area contributed by atoms with Crippen molar-refractivity contribution in [1.29, 1.82) is 0 Å². The zero-order chi connectivity index (χ0) is 21.4. The predicted octanol–water partition coefficient (Wildman–Crippen LogP) is 2.76. The maximum absolute atomic E-state index is 13.0. The molecule has 30 heavy (non-hydrogen) atoms. The minimum Gasteiger partial charge on any atom is -0.312 e. The number of hydrogen-bond acceptors (Lipinski definition) is 4. The maximum Gasteiger partial charge on any atom is 0.334 e. The number of imidazole rings is 1. The van der Waals surface area contributed by atoms with Gasteiger partial charge in [-0.2, -0.15) is 0 Å². The van der Waals surface area contributed by atoms with Crippen molar-refractivity contribution >= 4 is 28.5 Å². The van der Waals surface area contributed by atoms with E-state index in [1.807, 2.05) is 0 Å². The van der Waals surface area contributed by atoms with Crippen LogP contribution in [0.4, 0.5) is 4.39 Å². The Balaban J connectivity index is 1.65. The van der Waals surface area contributed by atoms with Gasteiger partial charge in [0.1, 0.15) is 5.65 Å². The Morgan fingerprint density at radius 1 is 1.03 bits per heavy atom. The summed E-state index contributed by atoms with van der Waals surface area (Å²) < 4.78 is 16.4. The van der Waals surface area contributed by atoms with E-state index in [0.29, 0.717) is 32.9 Å². The lowest BCUT2D eigenvalue weighted by Crippen LogP contribution is -2.38. The van der Waals surface area contributed by atoms with E-state index in [1.165, 1.54) is 17.9 Å². The second-order valence-electron chi connectivity index (χ2n) is 6.77. The van der Waals surface area contributed by atoms with Gasteiger partial charge in [-0.1, -0.05) is 35.9 Å². The van der Waals surface area contributed by atoms with Gasteiger partial charge in [0.05, 0.1) is 12.9 Å². The molecule has 0 N–H and O–H groups in total. The van der Waals surface area contributed by atoms with Crippen LogP contribution in [0.2, 0.25) is 5.02 Å². The normalized spacial score (nSPS) is 11.2. The van der Waals surface area contributed by atoms with Gasteiger partial charge in [0.15, 0.2) is 18.1 Å². The molecule has 0 aliphatic heterocycles. The average molecular weight is 427 g/mol. The van der Waals surface area contributed by atoms with Crippen LogP contribution in [0.5, 0.6) is 0 Å². The van der Waals surface area contributed by atoms with Gasteiger partial charge in [0.2, 0.25) is 0 Å².